The zero-order chi connectivity index (χ0) is 16.7. The molecular formula is C18H16BrN3OS. The van der Waals surface area contributed by atoms with Gasteiger partial charge in [0.25, 0.3) is 5.91 Å². The maximum absolute atomic E-state index is 12.9. The molecule has 0 fully saturated rings. The molecule has 3 aromatic rings. The minimum atomic E-state index is 0.0918. The van der Waals surface area contributed by atoms with Crippen LogP contribution in [0.15, 0.2) is 52.6 Å². The smallest absolute Gasteiger partial charge is 0.264 e. The standard InChI is InChI=1S/C18H16BrN3OS/c1-21-8-13(7-20-21)16-10-22(9-12-4-2-3-5-15(12)16)18(23)17-6-14(19)11-24-17/h2-8,11,16H,9-10H2,1H3/t16-/m0/s1. The normalized spacial score (nSPS) is 16.9. The number of rotatable bonds is 2. The highest BCUT2D eigenvalue weighted by Gasteiger charge is 2.30. The Morgan fingerprint density at radius 3 is 2.92 bits per heavy atom. The van der Waals surface area contributed by atoms with Gasteiger partial charge in [-0.15, -0.1) is 11.3 Å². The van der Waals surface area contributed by atoms with Crippen molar-refractivity contribution in [2.75, 3.05) is 6.54 Å². The van der Waals surface area contributed by atoms with Gasteiger partial charge in [-0.2, -0.15) is 5.10 Å². The molecule has 0 N–H and O–H groups in total. The Balaban J connectivity index is 1.71. The molecule has 3 heterocycles. The molecule has 24 heavy (non-hydrogen) atoms. The van der Waals surface area contributed by atoms with E-state index in [1.54, 1.807) is 0 Å². The van der Waals surface area contributed by atoms with Crippen LogP contribution in [-0.4, -0.2) is 27.1 Å². The van der Waals surface area contributed by atoms with Crippen molar-refractivity contribution in [3.8, 4) is 0 Å². The van der Waals surface area contributed by atoms with E-state index in [1.165, 1.54) is 22.5 Å². The fraction of sp³-hybridized carbons (Fsp3) is 0.222. The fourth-order valence-electron chi connectivity index (χ4n) is 3.25. The molecule has 0 aliphatic carbocycles. The maximum Gasteiger partial charge on any atom is 0.264 e. The van der Waals surface area contributed by atoms with Crippen molar-refractivity contribution in [2.45, 2.75) is 12.5 Å². The first-order valence-corrected chi connectivity index (χ1v) is 9.39. The number of amides is 1. The summed E-state index contributed by atoms with van der Waals surface area (Å²) in [4.78, 5) is 15.6. The van der Waals surface area contributed by atoms with Crippen LogP contribution in [0, 0.1) is 0 Å². The van der Waals surface area contributed by atoms with E-state index in [-0.39, 0.29) is 11.8 Å². The molecule has 4 nitrogen and oxygen atoms in total. The van der Waals surface area contributed by atoms with E-state index in [0.29, 0.717) is 13.1 Å². The summed E-state index contributed by atoms with van der Waals surface area (Å²) < 4.78 is 2.77. The average molecular weight is 402 g/mol. The highest BCUT2D eigenvalue weighted by molar-refractivity contribution is 9.10. The number of aromatic nitrogens is 2. The summed E-state index contributed by atoms with van der Waals surface area (Å²) in [6.45, 7) is 1.33. The number of hydrogen-bond donors (Lipinski definition) is 0. The topological polar surface area (TPSA) is 38.1 Å². The molecule has 4 rings (SSSR count). The van der Waals surface area contributed by atoms with Crippen molar-refractivity contribution in [1.29, 1.82) is 0 Å². The molecule has 0 bridgehead atoms. The summed E-state index contributed by atoms with van der Waals surface area (Å²) in [5, 5.41) is 6.25. The number of benzene rings is 1. The zero-order valence-electron chi connectivity index (χ0n) is 13.1. The minimum absolute atomic E-state index is 0.0918. The number of hydrogen-bond acceptors (Lipinski definition) is 3. The third-order valence-corrected chi connectivity index (χ3v) is 6.07. The van der Waals surface area contributed by atoms with E-state index < -0.39 is 0 Å². The Morgan fingerprint density at radius 2 is 2.21 bits per heavy atom. The van der Waals surface area contributed by atoms with Crippen LogP contribution < -0.4 is 0 Å². The van der Waals surface area contributed by atoms with Crippen LogP contribution in [0.5, 0.6) is 0 Å². The van der Waals surface area contributed by atoms with E-state index in [9.17, 15) is 4.79 Å². The van der Waals surface area contributed by atoms with Crippen molar-refractivity contribution >= 4 is 33.2 Å². The van der Waals surface area contributed by atoms with Gasteiger partial charge in [0.2, 0.25) is 0 Å². The van der Waals surface area contributed by atoms with Gasteiger partial charge >= 0.3 is 0 Å². The van der Waals surface area contributed by atoms with Crippen LogP contribution in [0.1, 0.15) is 32.3 Å². The lowest BCUT2D eigenvalue weighted by atomic mass is 9.86. The molecule has 0 radical (unpaired) electrons. The van der Waals surface area contributed by atoms with E-state index in [1.807, 2.05) is 46.5 Å². The zero-order valence-corrected chi connectivity index (χ0v) is 15.5. The van der Waals surface area contributed by atoms with Gasteiger partial charge in [-0.05, 0) is 38.7 Å². The number of carbonyl (C=O) groups is 1. The first-order chi connectivity index (χ1) is 11.6. The van der Waals surface area contributed by atoms with Gasteiger partial charge < -0.3 is 4.90 Å². The van der Waals surface area contributed by atoms with E-state index >= 15 is 0 Å². The molecule has 1 atom stereocenters. The summed E-state index contributed by atoms with van der Waals surface area (Å²) in [5.41, 5.74) is 3.65. The van der Waals surface area contributed by atoms with Crippen LogP contribution in [0.3, 0.4) is 0 Å². The molecule has 1 aliphatic rings. The molecule has 0 saturated carbocycles. The van der Waals surface area contributed by atoms with Gasteiger partial charge in [-0.25, -0.2) is 0 Å². The Hall–Kier alpha value is -1.92. The largest absolute Gasteiger partial charge is 0.333 e. The fourth-order valence-corrected chi connectivity index (χ4v) is 4.64. The first-order valence-electron chi connectivity index (χ1n) is 7.71. The van der Waals surface area contributed by atoms with E-state index in [4.69, 9.17) is 0 Å². The average Bonchev–Trinajstić information content (AvgIpc) is 3.21. The highest BCUT2D eigenvalue weighted by Crippen LogP contribution is 2.34. The van der Waals surface area contributed by atoms with Crippen LogP contribution in [0.2, 0.25) is 0 Å². The van der Waals surface area contributed by atoms with Gasteiger partial charge in [0, 0.05) is 42.1 Å². The van der Waals surface area contributed by atoms with Crippen molar-refractivity contribution in [3.05, 3.63) is 74.1 Å². The second-order valence-corrected chi connectivity index (χ2v) is 7.84. The molecule has 122 valence electrons. The predicted molar refractivity (Wildman–Crippen MR) is 98.3 cm³/mol. The summed E-state index contributed by atoms with van der Waals surface area (Å²) in [7, 11) is 1.92. The van der Waals surface area contributed by atoms with Gasteiger partial charge in [-0.3, -0.25) is 9.48 Å². The van der Waals surface area contributed by atoms with Crippen LogP contribution in [-0.2, 0) is 13.6 Å². The molecule has 0 unspecified atom stereocenters. The van der Waals surface area contributed by atoms with E-state index in [0.717, 1.165) is 14.9 Å². The Labute approximate surface area is 152 Å². The number of carbonyl (C=O) groups excluding carboxylic acids is 1. The van der Waals surface area contributed by atoms with Gasteiger partial charge in [0.05, 0.1) is 11.1 Å². The lowest BCUT2D eigenvalue weighted by Crippen LogP contribution is -2.38. The van der Waals surface area contributed by atoms with Gasteiger partial charge in [0.15, 0.2) is 0 Å². The predicted octanol–water partition coefficient (Wildman–Crippen LogP) is 4.03. The number of halogens is 1. The highest BCUT2D eigenvalue weighted by atomic mass is 79.9. The molecule has 6 heteroatoms. The van der Waals surface area contributed by atoms with Crippen molar-refractivity contribution in [3.63, 3.8) is 0 Å². The minimum Gasteiger partial charge on any atom is -0.333 e. The Morgan fingerprint density at radius 1 is 1.38 bits per heavy atom. The van der Waals surface area contributed by atoms with Gasteiger partial charge in [0.1, 0.15) is 0 Å². The Kier molecular flexibility index (Phi) is 4.02. The van der Waals surface area contributed by atoms with Crippen molar-refractivity contribution in [2.24, 2.45) is 7.05 Å². The second kappa shape index (κ2) is 6.18. The lowest BCUT2D eigenvalue weighted by molar-refractivity contribution is 0.0730. The number of aryl methyl sites for hydroxylation is 1. The monoisotopic (exact) mass is 401 g/mol. The second-order valence-electron chi connectivity index (χ2n) is 6.01. The molecule has 1 amide bonds. The summed E-state index contributed by atoms with van der Waals surface area (Å²) in [6, 6.07) is 10.3. The number of thiophene rings is 1. The Bertz CT molecular complexity index is 901. The molecular weight excluding hydrogens is 386 g/mol. The first kappa shape index (κ1) is 15.6. The SMILES string of the molecule is Cn1cc([C@@H]2CN(C(=O)c3cc(Br)cs3)Cc3ccccc32)cn1. The van der Waals surface area contributed by atoms with Crippen LogP contribution >= 0.6 is 27.3 Å². The van der Waals surface area contributed by atoms with E-state index in [2.05, 4.69) is 39.2 Å². The molecule has 0 saturated heterocycles. The van der Waals surface area contributed by atoms with Crippen molar-refractivity contribution in [1.82, 2.24) is 14.7 Å². The van der Waals surface area contributed by atoms with Crippen molar-refractivity contribution < 1.29 is 4.79 Å². The number of fused-ring (bicyclic) bond motifs is 1. The summed E-state index contributed by atoms with van der Waals surface area (Å²) >= 11 is 4.91. The third kappa shape index (κ3) is 2.80. The maximum atomic E-state index is 12.9. The van der Waals surface area contributed by atoms with Gasteiger partial charge in [-0.1, -0.05) is 24.3 Å². The quantitative estimate of drug-likeness (QED) is 0.649. The van der Waals surface area contributed by atoms with Crippen LogP contribution in [0.25, 0.3) is 0 Å². The lowest BCUT2D eigenvalue weighted by Gasteiger charge is -2.34. The molecule has 2 aromatic heterocycles. The summed E-state index contributed by atoms with van der Waals surface area (Å²) in [5.74, 6) is 0.255. The molecule has 1 aromatic carbocycles. The summed E-state index contributed by atoms with van der Waals surface area (Å²) in [6.07, 6.45) is 3.94. The van der Waals surface area contributed by atoms with Crippen LogP contribution in [0.4, 0.5) is 0 Å². The molecule has 0 spiro atoms. The number of nitrogens with zero attached hydrogens (tertiary/aromatic N) is 3. The molecule has 1 aliphatic heterocycles. The third-order valence-electron chi connectivity index (χ3n) is 4.39.